The Morgan fingerprint density at radius 3 is 2.03 bits per heavy atom. The van der Waals surface area contributed by atoms with Gasteiger partial charge >= 0.3 is 23.9 Å². The van der Waals surface area contributed by atoms with Crippen molar-refractivity contribution in [3.8, 4) is 0 Å². The lowest BCUT2D eigenvalue weighted by Crippen LogP contribution is -2.61. The summed E-state index contributed by atoms with van der Waals surface area (Å²) < 4.78 is 27.7. The van der Waals surface area contributed by atoms with Crippen LogP contribution < -0.4 is 0 Å². The van der Waals surface area contributed by atoms with Gasteiger partial charge in [0.15, 0.2) is 24.6 Å². The Labute approximate surface area is 204 Å². The maximum absolute atomic E-state index is 11.8. The number of carbonyl (C=O) groups excluding carboxylic acids is 3. The third-order valence-electron chi connectivity index (χ3n) is 5.21. The second-order valence-electron chi connectivity index (χ2n) is 8.30. The molecule has 0 aromatic heterocycles. The monoisotopic (exact) mass is 501 g/mol. The zero-order valence-electron chi connectivity index (χ0n) is 20.6. The fourth-order valence-corrected chi connectivity index (χ4v) is 3.81. The zero-order valence-corrected chi connectivity index (χ0v) is 20.6. The maximum atomic E-state index is 11.8. The van der Waals surface area contributed by atoms with Gasteiger partial charge in [-0.25, -0.2) is 0 Å². The van der Waals surface area contributed by atoms with Crippen LogP contribution in [0.15, 0.2) is 5.11 Å². The van der Waals surface area contributed by atoms with Crippen LogP contribution >= 0.6 is 0 Å². The highest BCUT2D eigenvalue weighted by atomic mass is 16.7. The van der Waals surface area contributed by atoms with E-state index in [1.54, 1.807) is 6.92 Å². The van der Waals surface area contributed by atoms with Crippen LogP contribution in [0.3, 0.4) is 0 Å². The standard InChI is InChI=1S/C22H35N3O10/c1-13-19(32-14(2)26)20(33-15(3)27)21(34-16(4)28)22(31-13)35-17(12-18(29)30)10-8-6-5-7-9-11-24-25-23/h13,17,19-22H,5-12H2,1-4H3,(H,29,30)/t13?,17?,19-,20-,21?,22-/m0/s1. The van der Waals surface area contributed by atoms with Crippen molar-refractivity contribution in [2.75, 3.05) is 6.54 Å². The molecule has 1 N–H and O–H groups in total. The normalized spacial score (nSPS) is 24.5. The minimum Gasteiger partial charge on any atom is -0.481 e. The van der Waals surface area contributed by atoms with Crippen molar-refractivity contribution >= 4 is 23.9 Å². The molecule has 1 saturated heterocycles. The van der Waals surface area contributed by atoms with Crippen LogP contribution in [0, 0.1) is 0 Å². The number of esters is 3. The molecular formula is C22H35N3O10. The molecule has 0 spiro atoms. The van der Waals surface area contributed by atoms with Gasteiger partial charge in [0.05, 0.1) is 18.6 Å². The Hall–Kier alpha value is -2.89. The smallest absolute Gasteiger partial charge is 0.305 e. The predicted molar refractivity (Wildman–Crippen MR) is 120 cm³/mol. The third kappa shape index (κ3) is 11.9. The first kappa shape index (κ1) is 30.1. The number of unbranched alkanes of at least 4 members (excludes halogenated alkanes) is 4. The van der Waals surface area contributed by atoms with Gasteiger partial charge in [0.2, 0.25) is 0 Å². The summed E-state index contributed by atoms with van der Waals surface area (Å²) in [4.78, 5) is 49.3. The van der Waals surface area contributed by atoms with Crippen LogP contribution in [0.4, 0.5) is 0 Å². The topological polar surface area (TPSA) is 183 Å². The molecule has 0 aliphatic carbocycles. The van der Waals surface area contributed by atoms with Crippen molar-refractivity contribution in [3.63, 3.8) is 0 Å². The lowest BCUT2D eigenvalue weighted by molar-refractivity contribution is -0.310. The fourth-order valence-electron chi connectivity index (χ4n) is 3.81. The van der Waals surface area contributed by atoms with Crippen molar-refractivity contribution in [2.45, 2.75) is 109 Å². The summed E-state index contributed by atoms with van der Waals surface area (Å²) in [5, 5.41) is 12.8. The molecule has 0 saturated carbocycles. The number of azide groups is 1. The van der Waals surface area contributed by atoms with Gasteiger partial charge in [0, 0.05) is 32.2 Å². The van der Waals surface area contributed by atoms with Crippen molar-refractivity contribution in [1.82, 2.24) is 0 Å². The Balaban J connectivity index is 2.94. The number of carbonyl (C=O) groups is 4. The summed E-state index contributed by atoms with van der Waals surface area (Å²) in [7, 11) is 0. The highest BCUT2D eigenvalue weighted by molar-refractivity contribution is 5.68. The van der Waals surface area contributed by atoms with E-state index in [0.29, 0.717) is 19.4 Å². The Morgan fingerprint density at radius 1 is 0.914 bits per heavy atom. The van der Waals surface area contributed by atoms with Crippen LogP contribution in [0.2, 0.25) is 0 Å². The molecule has 35 heavy (non-hydrogen) atoms. The second-order valence-corrected chi connectivity index (χ2v) is 8.30. The molecule has 1 heterocycles. The molecule has 0 aromatic rings. The molecule has 198 valence electrons. The summed E-state index contributed by atoms with van der Waals surface area (Å²) >= 11 is 0. The zero-order chi connectivity index (χ0) is 26.4. The summed E-state index contributed by atoms with van der Waals surface area (Å²) in [6.07, 6.45) is -2.28. The van der Waals surface area contributed by atoms with Gasteiger partial charge in [-0.15, -0.1) is 0 Å². The van der Waals surface area contributed by atoms with Crippen LogP contribution in [0.5, 0.6) is 0 Å². The first-order chi connectivity index (χ1) is 16.5. The Kier molecular flexibility index (Phi) is 13.7. The van der Waals surface area contributed by atoms with Crippen molar-refractivity contribution < 1.29 is 48.0 Å². The number of carboxylic acid groups (broad SMARTS) is 1. The van der Waals surface area contributed by atoms with Crippen molar-refractivity contribution in [1.29, 1.82) is 0 Å². The van der Waals surface area contributed by atoms with Gasteiger partial charge in [-0.2, -0.15) is 0 Å². The van der Waals surface area contributed by atoms with E-state index in [2.05, 4.69) is 10.0 Å². The molecule has 1 aliphatic rings. The molecule has 0 amide bonds. The van der Waals surface area contributed by atoms with Crippen LogP contribution in [0.1, 0.15) is 72.6 Å². The predicted octanol–water partition coefficient (Wildman–Crippen LogP) is 3.04. The van der Waals surface area contributed by atoms with E-state index in [-0.39, 0.29) is 6.42 Å². The van der Waals surface area contributed by atoms with Gasteiger partial charge < -0.3 is 28.8 Å². The SMILES string of the molecule is CC(=O)OC1[C@H](OC(CCCCCCCN=[N+]=[N-])CC(=O)O)OC(C)[C@H](OC(C)=O)[C@@H]1OC(C)=O. The van der Waals surface area contributed by atoms with Crippen LogP contribution in [-0.4, -0.2) is 72.3 Å². The summed E-state index contributed by atoms with van der Waals surface area (Å²) in [5.41, 5.74) is 8.28. The number of ether oxygens (including phenoxy) is 5. The molecule has 0 aromatic carbocycles. The van der Waals surface area contributed by atoms with E-state index in [1.807, 2.05) is 0 Å². The van der Waals surface area contributed by atoms with E-state index in [1.165, 1.54) is 6.92 Å². The third-order valence-corrected chi connectivity index (χ3v) is 5.21. The maximum Gasteiger partial charge on any atom is 0.305 e. The molecule has 13 heteroatoms. The number of hydrogen-bond donors (Lipinski definition) is 1. The minimum absolute atomic E-state index is 0.316. The van der Waals surface area contributed by atoms with E-state index >= 15 is 0 Å². The largest absolute Gasteiger partial charge is 0.481 e. The summed E-state index contributed by atoms with van der Waals surface area (Å²) in [6.45, 7) is 5.50. The first-order valence-corrected chi connectivity index (χ1v) is 11.6. The van der Waals surface area contributed by atoms with Gasteiger partial charge in [-0.05, 0) is 25.3 Å². The number of nitrogens with zero attached hydrogens (tertiary/aromatic N) is 3. The van der Waals surface area contributed by atoms with E-state index in [9.17, 15) is 24.3 Å². The van der Waals surface area contributed by atoms with Crippen molar-refractivity contribution in [2.24, 2.45) is 5.11 Å². The molecule has 13 nitrogen and oxygen atoms in total. The van der Waals surface area contributed by atoms with Gasteiger partial charge in [-0.3, -0.25) is 19.2 Å². The van der Waals surface area contributed by atoms with Crippen LogP contribution in [0.25, 0.3) is 10.4 Å². The number of hydrogen-bond acceptors (Lipinski definition) is 10. The fraction of sp³-hybridized carbons (Fsp3) is 0.818. The van der Waals surface area contributed by atoms with Gasteiger partial charge in [0.1, 0.15) is 0 Å². The van der Waals surface area contributed by atoms with Gasteiger partial charge in [0.25, 0.3) is 0 Å². The minimum atomic E-state index is -1.28. The molecule has 1 fully saturated rings. The van der Waals surface area contributed by atoms with E-state index in [0.717, 1.165) is 39.5 Å². The molecule has 0 radical (unpaired) electrons. The molecule has 1 rings (SSSR count). The molecule has 3 unspecified atom stereocenters. The number of rotatable bonds is 15. The number of aliphatic carboxylic acids is 1. The van der Waals surface area contributed by atoms with Crippen molar-refractivity contribution in [3.05, 3.63) is 10.4 Å². The summed E-state index contributed by atoms with van der Waals surface area (Å²) in [5.74, 6) is -3.13. The Bertz CT molecular complexity index is 771. The lowest BCUT2D eigenvalue weighted by atomic mass is 9.98. The lowest BCUT2D eigenvalue weighted by Gasteiger charge is -2.44. The highest BCUT2D eigenvalue weighted by Gasteiger charge is 2.51. The Morgan fingerprint density at radius 2 is 1.46 bits per heavy atom. The first-order valence-electron chi connectivity index (χ1n) is 11.6. The van der Waals surface area contributed by atoms with E-state index in [4.69, 9.17) is 29.2 Å². The molecule has 6 atom stereocenters. The molecular weight excluding hydrogens is 466 g/mol. The van der Waals surface area contributed by atoms with E-state index < -0.39 is 60.7 Å². The van der Waals surface area contributed by atoms with Gasteiger partial charge in [-0.1, -0.05) is 30.8 Å². The highest BCUT2D eigenvalue weighted by Crippen LogP contribution is 2.31. The number of carboxylic acids is 1. The quantitative estimate of drug-likeness (QED) is 0.0873. The molecule has 1 aliphatic heterocycles. The average molecular weight is 502 g/mol. The molecule has 0 bridgehead atoms. The average Bonchev–Trinajstić information content (AvgIpc) is 2.74. The second kappa shape index (κ2) is 15.9. The van der Waals surface area contributed by atoms with Crippen LogP contribution in [-0.2, 0) is 42.9 Å². The summed E-state index contributed by atoms with van der Waals surface area (Å²) in [6, 6.07) is 0.